The van der Waals surface area contributed by atoms with E-state index in [4.69, 9.17) is 5.73 Å². The molecule has 2 aliphatic heterocycles. The zero-order chi connectivity index (χ0) is 15.0. The van der Waals surface area contributed by atoms with Crippen LogP contribution < -0.4 is 5.73 Å². The minimum Gasteiger partial charge on any atom is -0.325 e. The van der Waals surface area contributed by atoms with Gasteiger partial charge in [-0.2, -0.15) is 9.40 Å². The van der Waals surface area contributed by atoms with E-state index < -0.39 is 10.0 Å². The fourth-order valence-corrected chi connectivity index (χ4v) is 5.24. The molecule has 1 atom stereocenters. The Morgan fingerprint density at radius 3 is 2.71 bits per heavy atom. The molecule has 2 aliphatic rings. The Bertz CT molecular complexity index is 606. The summed E-state index contributed by atoms with van der Waals surface area (Å²) in [5.74, 6) is 0. The molecule has 0 aliphatic carbocycles. The number of aromatic nitrogens is 2. The van der Waals surface area contributed by atoms with Crippen molar-refractivity contribution in [2.75, 3.05) is 26.2 Å². The number of rotatable bonds is 4. The molecule has 8 heteroatoms. The van der Waals surface area contributed by atoms with Crippen molar-refractivity contribution in [3.8, 4) is 0 Å². The van der Waals surface area contributed by atoms with E-state index >= 15 is 0 Å². The molecule has 0 aromatic carbocycles. The predicted octanol–water partition coefficient (Wildman–Crippen LogP) is 0.0356. The number of nitrogens with one attached hydrogen (secondary N) is 1. The third kappa shape index (κ3) is 2.61. The van der Waals surface area contributed by atoms with E-state index in [1.54, 1.807) is 11.2 Å². The van der Waals surface area contributed by atoms with Gasteiger partial charge in [-0.05, 0) is 39.3 Å². The maximum absolute atomic E-state index is 12.8. The number of sulfonamides is 1. The summed E-state index contributed by atoms with van der Waals surface area (Å²) in [6, 6.07) is 0.357. The Morgan fingerprint density at radius 1 is 1.33 bits per heavy atom. The van der Waals surface area contributed by atoms with Crippen LogP contribution in [-0.2, 0) is 16.6 Å². The second kappa shape index (κ2) is 5.68. The van der Waals surface area contributed by atoms with E-state index in [9.17, 15) is 8.42 Å². The molecule has 1 aromatic heterocycles. The van der Waals surface area contributed by atoms with E-state index in [-0.39, 0.29) is 11.4 Å². The number of aryl methyl sites for hydroxylation is 1. The summed E-state index contributed by atoms with van der Waals surface area (Å²) in [5.41, 5.74) is 6.61. The van der Waals surface area contributed by atoms with Crippen molar-refractivity contribution in [3.05, 3.63) is 11.4 Å². The zero-order valence-corrected chi connectivity index (χ0v) is 13.2. The maximum Gasteiger partial charge on any atom is 0.246 e. The van der Waals surface area contributed by atoms with Gasteiger partial charge in [-0.25, -0.2) is 8.42 Å². The fraction of sp³-hybridized carbons (Fsp3) is 0.769. The van der Waals surface area contributed by atoms with Gasteiger partial charge in [0.1, 0.15) is 4.90 Å². The number of likely N-dealkylation sites (tertiary alicyclic amines) is 1. The molecule has 3 N–H and O–H groups in total. The summed E-state index contributed by atoms with van der Waals surface area (Å²) < 4.78 is 27.3. The molecule has 0 amide bonds. The Labute approximate surface area is 125 Å². The van der Waals surface area contributed by atoms with E-state index in [2.05, 4.69) is 15.1 Å². The Kier molecular flexibility index (Phi) is 4.04. The lowest BCUT2D eigenvalue weighted by Gasteiger charge is -2.23. The van der Waals surface area contributed by atoms with Gasteiger partial charge in [0.15, 0.2) is 0 Å². The molecule has 0 saturated carbocycles. The molecule has 118 valence electrons. The molecule has 0 bridgehead atoms. The SMILES string of the molecule is Cc1[nH]nc(CN)c1S(=O)(=O)N1CCC(N2CCCC2)C1. The minimum atomic E-state index is -3.50. The van der Waals surface area contributed by atoms with Gasteiger partial charge in [0.2, 0.25) is 10.0 Å². The molecular formula is C13H23N5O2S. The Morgan fingerprint density at radius 2 is 2.05 bits per heavy atom. The molecule has 2 saturated heterocycles. The average molecular weight is 313 g/mol. The van der Waals surface area contributed by atoms with Gasteiger partial charge in [-0.3, -0.25) is 10.00 Å². The first-order valence-corrected chi connectivity index (χ1v) is 8.96. The van der Waals surface area contributed by atoms with Crippen LogP contribution in [0.1, 0.15) is 30.7 Å². The summed E-state index contributed by atoms with van der Waals surface area (Å²) in [6.07, 6.45) is 3.36. The van der Waals surface area contributed by atoms with Crippen molar-refractivity contribution in [1.29, 1.82) is 0 Å². The second-order valence-corrected chi connectivity index (χ2v) is 7.75. The van der Waals surface area contributed by atoms with Gasteiger partial charge in [0, 0.05) is 25.7 Å². The highest BCUT2D eigenvalue weighted by Gasteiger charge is 2.38. The standard InChI is InChI=1S/C13H23N5O2S/c1-10-13(12(8-14)16-15-10)21(19,20)18-7-4-11(9-18)17-5-2-3-6-17/h11H,2-9,14H2,1H3,(H,15,16). The van der Waals surface area contributed by atoms with Crippen LogP contribution in [0.25, 0.3) is 0 Å². The monoisotopic (exact) mass is 313 g/mol. The van der Waals surface area contributed by atoms with Crippen LogP contribution in [0.4, 0.5) is 0 Å². The molecule has 2 fully saturated rings. The number of aromatic amines is 1. The largest absolute Gasteiger partial charge is 0.325 e. The lowest BCUT2D eigenvalue weighted by molar-refractivity contribution is 0.251. The molecule has 1 aromatic rings. The first-order valence-electron chi connectivity index (χ1n) is 7.52. The van der Waals surface area contributed by atoms with Crippen molar-refractivity contribution < 1.29 is 8.42 Å². The number of hydrogen-bond donors (Lipinski definition) is 2. The number of nitrogens with zero attached hydrogens (tertiary/aromatic N) is 3. The average Bonchev–Trinajstić information content (AvgIpc) is 3.18. The molecule has 3 heterocycles. The van der Waals surface area contributed by atoms with Crippen LogP contribution in [0.3, 0.4) is 0 Å². The molecule has 1 unspecified atom stereocenters. The van der Waals surface area contributed by atoms with Gasteiger partial charge >= 0.3 is 0 Å². The van der Waals surface area contributed by atoms with Gasteiger partial charge in [-0.1, -0.05) is 0 Å². The summed E-state index contributed by atoms with van der Waals surface area (Å²) in [4.78, 5) is 2.69. The third-order valence-electron chi connectivity index (χ3n) is 4.54. The zero-order valence-electron chi connectivity index (χ0n) is 12.4. The van der Waals surface area contributed by atoms with E-state index in [0.29, 0.717) is 30.5 Å². The van der Waals surface area contributed by atoms with Crippen molar-refractivity contribution >= 4 is 10.0 Å². The Balaban J connectivity index is 1.81. The maximum atomic E-state index is 12.8. The van der Waals surface area contributed by atoms with Crippen molar-refractivity contribution in [3.63, 3.8) is 0 Å². The topological polar surface area (TPSA) is 95.3 Å². The van der Waals surface area contributed by atoms with Crippen LogP contribution in [0.15, 0.2) is 4.90 Å². The highest BCUT2D eigenvalue weighted by atomic mass is 32.2. The lowest BCUT2D eigenvalue weighted by atomic mass is 10.2. The fourth-order valence-electron chi connectivity index (χ4n) is 3.41. The molecule has 0 spiro atoms. The van der Waals surface area contributed by atoms with Crippen molar-refractivity contribution in [1.82, 2.24) is 19.4 Å². The van der Waals surface area contributed by atoms with E-state index in [1.807, 2.05) is 0 Å². The summed E-state index contributed by atoms with van der Waals surface area (Å²) >= 11 is 0. The molecular weight excluding hydrogens is 290 g/mol. The molecule has 3 rings (SSSR count). The molecule has 0 radical (unpaired) electrons. The normalized spacial score (nSPS) is 25.0. The second-order valence-electron chi connectivity index (χ2n) is 5.88. The van der Waals surface area contributed by atoms with Gasteiger partial charge < -0.3 is 5.73 Å². The Hall–Kier alpha value is -0.960. The summed E-state index contributed by atoms with van der Waals surface area (Å²) in [5, 5.41) is 6.74. The van der Waals surface area contributed by atoms with Crippen LogP contribution >= 0.6 is 0 Å². The van der Waals surface area contributed by atoms with E-state index in [1.165, 1.54) is 12.8 Å². The van der Waals surface area contributed by atoms with Gasteiger partial charge in [-0.15, -0.1) is 0 Å². The summed E-state index contributed by atoms with van der Waals surface area (Å²) in [6.45, 7) is 5.21. The summed E-state index contributed by atoms with van der Waals surface area (Å²) in [7, 11) is -3.50. The minimum absolute atomic E-state index is 0.127. The molecule has 7 nitrogen and oxygen atoms in total. The van der Waals surface area contributed by atoms with Crippen molar-refractivity contribution in [2.45, 2.75) is 43.7 Å². The highest BCUT2D eigenvalue weighted by Crippen LogP contribution is 2.28. The molecule has 21 heavy (non-hydrogen) atoms. The highest BCUT2D eigenvalue weighted by molar-refractivity contribution is 7.89. The van der Waals surface area contributed by atoms with Crippen molar-refractivity contribution in [2.24, 2.45) is 5.73 Å². The van der Waals surface area contributed by atoms with Gasteiger partial charge in [0.05, 0.1) is 11.4 Å². The van der Waals surface area contributed by atoms with Crippen LogP contribution in [0.5, 0.6) is 0 Å². The lowest BCUT2D eigenvalue weighted by Crippen LogP contribution is -2.37. The van der Waals surface area contributed by atoms with E-state index in [0.717, 1.165) is 19.5 Å². The number of nitrogens with two attached hydrogens (primary N) is 1. The first-order chi connectivity index (χ1) is 10.0. The van der Waals surface area contributed by atoms with Crippen LogP contribution in [-0.4, -0.2) is 60.0 Å². The smallest absolute Gasteiger partial charge is 0.246 e. The van der Waals surface area contributed by atoms with Crippen LogP contribution in [0.2, 0.25) is 0 Å². The van der Waals surface area contributed by atoms with Crippen LogP contribution in [0, 0.1) is 6.92 Å². The third-order valence-corrected chi connectivity index (χ3v) is 6.60. The first kappa shape index (κ1) is 15.0. The predicted molar refractivity (Wildman–Crippen MR) is 79.2 cm³/mol. The number of hydrogen-bond acceptors (Lipinski definition) is 5. The quantitative estimate of drug-likeness (QED) is 0.818. The number of H-pyrrole nitrogens is 1. The van der Waals surface area contributed by atoms with Gasteiger partial charge in [0.25, 0.3) is 0 Å².